The van der Waals surface area contributed by atoms with Gasteiger partial charge in [-0.3, -0.25) is 0 Å². The van der Waals surface area contributed by atoms with E-state index in [-0.39, 0.29) is 0 Å². The Balaban J connectivity index is 1.78. The molecule has 0 bridgehead atoms. The molecule has 114 valence electrons. The van der Waals surface area contributed by atoms with Gasteiger partial charge in [-0.2, -0.15) is 0 Å². The van der Waals surface area contributed by atoms with Crippen LogP contribution in [0.15, 0.2) is 66.7 Å². The van der Waals surface area contributed by atoms with Crippen LogP contribution < -0.4 is 0 Å². The molecule has 5 rings (SSSR count). The molecule has 0 fully saturated rings. The van der Waals surface area contributed by atoms with Crippen molar-refractivity contribution in [3.05, 3.63) is 78.0 Å². The number of hydrogen-bond donors (Lipinski definition) is 0. The summed E-state index contributed by atoms with van der Waals surface area (Å²) < 4.78 is 2.65. The maximum absolute atomic E-state index is 4.93. The van der Waals surface area contributed by atoms with E-state index in [0.29, 0.717) is 0 Å². The average molecular weight is 325 g/mol. The predicted octanol–water partition coefficient (Wildman–Crippen LogP) is 6.55. The van der Waals surface area contributed by atoms with Crippen LogP contribution >= 0.6 is 11.3 Å². The van der Waals surface area contributed by atoms with Gasteiger partial charge in [0.1, 0.15) is 0 Å². The van der Waals surface area contributed by atoms with E-state index in [1.54, 1.807) is 0 Å². The van der Waals surface area contributed by atoms with Gasteiger partial charge in [0.2, 0.25) is 0 Å². The van der Waals surface area contributed by atoms with Gasteiger partial charge in [0.15, 0.2) is 0 Å². The summed E-state index contributed by atoms with van der Waals surface area (Å²) in [6, 6.07) is 19.5. The molecule has 0 N–H and O–H groups in total. The quantitative estimate of drug-likeness (QED) is 0.387. The highest BCUT2D eigenvalue weighted by Crippen LogP contribution is 2.39. The number of pyridine rings is 1. The van der Waals surface area contributed by atoms with Crippen LogP contribution in [0.5, 0.6) is 0 Å². The monoisotopic (exact) mass is 325 g/mol. The van der Waals surface area contributed by atoms with Crippen LogP contribution in [0.25, 0.3) is 43.6 Å². The molecule has 0 unspecified atom stereocenters. The van der Waals surface area contributed by atoms with Crippen molar-refractivity contribution < 1.29 is 0 Å². The average Bonchev–Trinajstić information content (AvgIpc) is 2.84. The number of hydrogen-bond acceptors (Lipinski definition) is 2. The first-order valence-corrected chi connectivity index (χ1v) is 8.96. The molecule has 0 atom stereocenters. The molecule has 2 heteroatoms. The fourth-order valence-corrected chi connectivity index (χ4v) is 4.54. The van der Waals surface area contributed by atoms with Gasteiger partial charge >= 0.3 is 0 Å². The molecular weight excluding hydrogens is 310 g/mol. The van der Waals surface area contributed by atoms with Gasteiger partial charge in [-0.1, -0.05) is 60.7 Å². The van der Waals surface area contributed by atoms with Gasteiger partial charge in [0.05, 0.1) is 11.4 Å². The lowest BCUT2D eigenvalue weighted by molar-refractivity contribution is 1.29. The van der Waals surface area contributed by atoms with Crippen LogP contribution in [0.4, 0.5) is 0 Å². The van der Waals surface area contributed by atoms with Crippen molar-refractivity contribution in [1.82, 2.24) is 4.98 Å². The van der Waals surface area contributed by atoms with Crippen molar-refractivity contribution in [2.75, 3.05) is 0 Å². The second kappa shape index (κ2) is 5.43. The number of rotatable bonds is 1. The summed E-state index contributed by atoms with van der Waals surface area (Å²) in [7, 11) is 0. The Hall–Kier alpha value is -2.71. The second-order valence-corrected chi connectivity index (χ2v) is 7.04. The van der Waals surface area contributed by atoms with Gasteiger partial charge in [-0.05, 0) is 30.2 Å². The smallest absolute Gasteiger partial charge is 0.0724 e. The van der Waals surface area contributed by atoms with Crippen LogP contribution in [-0.2, 0) is 0 Å². The third-order valence-electron chi connectivity index (χ3n) is 4.48. The molecule has 0 saturated heterocycles. The van der Waals surface area contributed by atoms with E-state index in [2.05, 4.69) is 78.9 Å². The number of benzene rings is 2. The Kier molecular flexibility index (Phi) is 3.10. The zero-order valence-corrected chi connectivity index (χ0v) is 13.9. The molecule has 0 saturated carbocycles. The third-order valence-corrected chi connectivity index (χ3v) is 5.70. The number of fused-ring (bicyclic) bond motifs is 4. The van der Waals surface area contributed by atoms with Crippen LogP contribution in [0.2, 0.25) is 0 Å². The van der Waals surface area contributed by atoms with Crippen molar-refractivity contribution in [2.24, 2.45) is 0 Å². The normalized spacial score (nSPS) is 13.3. The summed E-state index contributed by atoms with van der Waals surface area (Å²) in [5, 5.41) is 2.65. The fraction of sp³-hybridized carbons (Fsp3) is 0.0455. The van der Waals surface area contributed by atoms with Gasteiger partial charge in [-0.15, -0.1) is 11.3 Å². The van der Waals surface area contributed by atoms with Gasteiger partial charge < -0.3 is 0 Å². The minimum absolute atomic E-state index is 0.970. The zero-order valence-electron chi connectivity index (χ0n) is 13.1. The van der Waals surface area contributed by atoms with Crippen molar-refractivity contribution in [3.63, 3.8) is 0 Å². The first kappa shape index (κ1) is 13.7. The molecule has 0 spiro atoms. The van der Waals surface area contributed by atoms with E-state index in [1.165, 1.54) is 31.3 Å². The molecule has 4 aromatic rings. The molecule has 1 aliphatic carbocycles. The standard InChI is InChI=1S/C22H15NS/c1-2-7-15-13-14-20(23-19(15)11-3-1)18-10-6-9-17-16-8-4-5-12-21(16)24-22(17)18/h2-14H,1H2. The Morgan fingerprint density at radius 3 is 2.67 bits per heavy atom. The molecule has 1 aliphatic rings. The van der Waals surface area contributed by atoms with Crippen molar-refractivity contribution in [3.8, 4) is 11.3 Å². The summed E-state index contributed by atoms with van der Waals surface area (Å²) in [4.78, 5) is 4.93. The van der Waals surface area contributed by atoms with Crippen LogP contribution in [0.3, 0.4) is 0 Å². The third kappa shape index (κ3) is 2.11. The summed E-state index contributed by atoms with van der Waals surface area (Å²) in [6.45, 7) is 0. The number of allylic oxidation sites excluding steroid dienone is 2. The van der Waals surface area contributed by atoms with Gasteiger partial charge in [0.25, 0.3) is 0 Å². The molecule has 0 amide bonds. The van der Waals surface area contributed by atoms with Crippen LogP contribution in [-0.4, -0.2) is 4.98 Å². The molecule has 1 nitrogen and oxygen atoms in total. The van der Waals surface area contributed by atoms with Crippen molar-refractivity contribution in [1.29, 1.82) is 0 Å². The van der Waals surface area contributed by atoms with E-state index >= 15 is 0 Å². The topological polar surface area (TPSA) is 12.9 Å². The first-order valence-electron chi connectivity index (χ1n) is 8.15. The first-order chi connectivity index (χ1) is 11.9. The lowest BCUT2D eigenvalue weighted by atomic mass is 10.0. The molecule has 0 radical (unpaired) electrons. The number of thiophene rings is 1. The molecular formula is C22H15NS. The fourth-order valence-electron chi connectivity index (χ4n) is 3.31. The van der Waals surface area contributed by atoms with Crippen molar-refractivity contribution >= 4 is 43.7 Å². The van der Waals surface area contributed by atoms with Crippen LogP contribution in [0.1, 0.15) is 17.7 Å². The number of aromatic nitrogens is 1. The predicted molar refractivity (Wildman–Crippen MR) is 105 cm³/mol. The highest BCUT2D eigenvalue weighted by atomic mass is 32.1. The Morgan fingerprint density at radius 2 is 1.67 bits per heavy atom. The molecule has 2 aromatic heterocycles. The van der Waals surface area contributed by atoms with Crippen LogP contribution in [0, 0.1) is 0 Å². The van der Waals surface area contributed by atoms with E-state index in [4.69, 9.17) is 4.98 Å². The maximum atomic E-state index is 4.93. The number of nitrogens with zero attached hydrogens (tertiary/aromatic N) is 1. The van der Waals surface area contributed by atoms with E-state index < -0.39 is 0 Å². The zero-order chi connectivity index (χ0) is 15.9. The largest absolute Gasteiger partial charge is 0.248 e. The minimum atomic E-state index is 0.970. The molecule has 24 heavy (non-hydrogen) atoms. The second-order valence-electron chi connectivity index (χ2n) is 5.99. The Labute approximate surface area is 144 Å². The lowest BCUT2D eigenvalue weighted by Gasteiger charge is -2.06. The Bertz CT molecular complexity index is 1130. The summed E-state index contributed by atoms with van der Waals surface area (Å²) in [5.74, 6) is 0. The summed E-state index contributed by atoms with van der Waals surface area (Å²) in [6.07, 6.45) is 9.60. The molecule has 2 aromatic carbocycles. The SMILES string of the molecule is C1=Cc2ccc(-c3cccc4c3sc3ccccc34)nc2C=CC1. The van der Waals surface area contributed by atoms with Gasteiger partial charge in [-0.25, -0.2) is 4.98 Å². The Morgan fingerprint density at radius 1 is 0.792 bits per heavy atom. The summed E-state index contributed by atoms with van der Waals surface area (Å²) in [5.41, 5.74) is 4.51. The van der Waals surface area contributed by atoms with Crippen molar-refractivity contribution in [2.45, 2.75) is 6.42 Å². The molecule has 2 heterocycles. The lowest BCUT2D eigenvalue weighted by Crippen LogP contribution is -1.90. The molecule has 0 aliphatic heterocycles. The highest BCUT2D eigenvalue weighted by Gasteiger charge is 2.12. The van der Waals surface area contributed by atoms with Gasteiger partial charge in [0, 0.05) is 25.7 Å². The highest BCUT2D eigenvalue weighted by molar-refractivity contribution is 7.26. The summed E-state index contributed by atoms with van der Waals surface area (Å²) >= 11 is 1.85. The minimum Gasteiger partial charge on any atom is -0.248 e. The maximum Gasteiger partial charge on any atom is 0.0724 e. The van der Waals surface area contributed by atoms with E-state index in [0.717, 1.165) is 17.8 Å². The van der Waals surface area contributed by atoms with E-state index in [1.807, 2.05) is 11.3 Å². The van der Waals surface area contributed by atoms with E-state index in [9.17, 15) is 0 Å².